The first-order valence-corrected chi connectivity index (χ1v) is 5.13. The van der Waals surface area contributed by atoms with Gasteiger partial charge in [0.25, 0.3) is 0 Å². The number of rotatable bonds is 3. The van der Waals surface area contributed by atoms with E-state index in [9.17, 15) is 0 Å². The average molecular weight is 218 g/mol. The molecule has 0 aromatic carbocycles. The molecule has 2 aromatic heterocycles. The van der Waals surface area contributed by atoms with Crippen molar-refractivity contribution in [1.29, 1.82) is 0 Å². The molecule has 0 aliphatic heterocycles. The number of anilines is 2. The Morgan fingerprint density at radius 2 is 2.12 bits per heavy atom. The van der Waals surface area contributed by atoms with Crippen LogP contribution in [0.2, 0.25) is 0 Å². The fourth-order valence-electron chi connectivity index (χ4n) is 1.55. The fraction of sp³-hybridized carbons (Fsp3) is 0.300. The molecule has 0 radical (unpaired) electrons. The number of nitrogens with two attached hydrogens (primary N) is 2. The number of nitrogen functional groups attached to an aromatic ring is 2. The molecule has 0 saturated heterocycles. The molecule has 4 N–H and O–H groups in total. The number of aryl methyl sites for hydroxylation is 1. The van der Waals surface area contributed by atoms with Crippen LogP contribution in [0.1, 0.15) is 19.2 Å². The van der Waals surface area contributed by atoms with Gasteiger partial charge in [0.05, 0.1) is 0 Å². The van der Waals surface area contributed by atoms with Crippen LogP contribution in [0.3, 0.4) is 0 Å². The van der Waals surface area contributed by atoms with E-state index in [1.165, 1.54) is 0 Å². The summed E-state index contributed by atoms with van der Waals surface area (Å²) in [6.07, 6.45) is 5.48. The average Bonchev–Trinajstić information content (AvgIpc) is 2.65. The number of hydrogen-bond acceptors (Lipinski definition) is 5. The number of nitrogens with zero attached hydrogens (tertiary/aromatic N) is 4. The Bertz CT molecular complexity index is 470. The van der Waals surface area contributed by atoms with E-state index < -0.39 is 0 Å². The summed E-state index contributed by atoms with van der Waals surface area (Å²) in [5.74, 6) is 2.13. The molecule has 2 rings (SSSR count). The van der Waals surface area contributed by atoms with Crippen LogP contribution in [0.15, 0.2) is 18.5 Å². The van der Waals surface area contributed by atoms with Gasteiger partial charge in [0.15, 0.2) is 0 Å². The lowest BCUT2D eigenvalue weighted by atomic mass is 10.3. The predicted molar refractivity (Wildman–Crippen MR) is 62.0 cm³/mol. The third kappa shape index (κ3) is 1.95. The summed E-state index contributed by atoms with van der Waals surface area (Å²) in [4.78, 5) is 12.2. The lowest BCUT2D eigenvalue weighted by Gasteiger charge is -2.07. The first-order chi connectivity index (χ1) is 7.70. The van der Waals surface area contributed by atoms with E-state index in [1.54, 1.807) is 12.3 Å². The molecule has 0 aliphatic carbocycles. The van der Waals surface area contributed by atoms with E-state index in [4.69, 9.17) is 11.5 Å². The smallest absolute Gasteiger partial charge is 0.223 e. The Balaban J connectivity index is 2.45. The van der Waals surface area contributed by atoms with E-state index in [1.807, 2.05) is 10.8 Å². The van der Waals surface area contributed by atoms with Crippen molar-refractivity contribution in [2.24, 2.45) is 0 Å². The Labute approximate surface area is 93.3 Å². The van der Waals surface area contributed by atoms with Gasteiger partial charge in [0.1, 0.15) is 17.5 Å². The maximum absolute atomic E-state index is 5.62. The summed E-state index contributed by atoms with van der Waals surface area (Å²) in [7, 11) is 0. The monoisotopic (exact) mass is 218 g/mol. The summed E-state index contributed by atoms with van der Waals surface area (Å²) >= 11 is 0. The normalized spacial score (nSPS) is 10.6. The zero-order valence-electron chi connectivity index (χ0n) is 9.09. The summed E-state index contributed by atoms with van der Waals surface area (Å²) < 4.78 is 1.87. The molecule has 6 nitrogen and oxygen atoms in total. The van der Waals surface area contributed by atoms with Gasteiger partial charge in [0, 0.05) is 24.9 Å². The third-order valence-corrected chi connectivity index (χ3v) is 2.19. The minimum absolute atomic E-state index is 0.172. The molecule has 0 fully saturated rings. The van der Waals surface area contributed by atoms with Gasteiger partial charge in [-0.3, -0.25) is 4.57 Å². The maximum Gasteiger partial charge on any atom is 0.223 e. The van der Waals surface area contributed by atoms with Gasteiger partial charge in [-0.2, -0.15) is 9.97 Å². The van der Waals surface area contributed by atoms with E-state index in [-0.39, 0.29) is 5.95 Å². The summed E-state index contributed by atoms with van der Waals surface area (Å²) in [5.41, 5.74) is 11.2. The minimum Gasteiger partial charge on any atom is -0.383 e. The van der Waals surface area contributed by atoms with Crippen LogP contribution in [0.25, 0.3) is 5.82 Å². The second-order valence-corrected chi connectivity index (χ2v) is 3.47. The van der Waals surface area contributed by atoms with Crippen LogP contribution in [-0.2, 0) is 6.42 Å². The second-order valence-electron chi connectivity index (χ2n) is 3.47. The molecule has 16 heavy (non-hydrogen) atoms. The molecule has 0 spiro atoms. The Morgan fingerprint density at radius 3 is 2.81 bits per heavy atom. The molecule has 2 heterocycles. The molecule has 0 atom stereocenters. The van der Waals surface area contributed by atoms with Gasteiger partial charge < -0.3 is 11.5 Å². The Kier molecular flexibility index (Phi) is 2.72. The molecule has 0 saturated carbocycles. The Hall–Kier alpha value is -2.11. The van der Waals surface area contributed by atoms with Crippen molar-refractivity contribution >= 4 is 11.8 Å². The summed E-state index contributed by atoms with van der Waals surface area (Å²) in [6, 6.07) is 1.68. The van der Waals surface area contributed by atoms with E-state index in [0.29, 0.717) is 11.6 Å². The van der Waals surface area contributed by atoms with Gasteiger partial charge in [-0.1, -0.05) is 6.92 Å². The highest BCUT2D eigenvalue weighted by Crippen LogP contribution is 2.12. The van der Waals surface area contributed by atoms with Crippen LogP contribution < -0.4 is 11.5 Å². The lowest BCUT2D eigenvalue weighted by Crippen LogP contribution is -2.07. The van der Waals surface area contributed by atoms with E-state index >= 15 is 0 Å². The SMILES string of the molecule is CCCc1nccn1-c1cc(N)nc(N)n1. The maximum atomic E-state index is 5.62. The summed E-state index contributed by atoms with van der Waals surface area (Å²) in [6.45, 7) is 2.10. The highest BCUT2D eigenvalue weighted by atomic mass is 15.2. The molecule has 2 aromatic rings. The highest BCUT2D eigenvalue weighted by molar-refractivity contribution is 5.42. The topological polar surface area (TPSA) is 95.6 Å². The predicted octanol–water partition coefficient (Wildman–Crippen LogP) is 0.779. The lowest BCUT2D eigenvalue weighted by molar-refractivity contribution is 0.797. The molecular formula is C10H14N6. The van der Waals surface area contributed by atoms with Crippen LogP contribution in [-0.4, -0.2) is 19.5 Å². The minimum atomic E-state index is 0.172. The van der Waals surface area contributed by atoms with Gasteiger partial charge in [-0.05, 0) is 6.42 Å². The van der Waals surface area contributed by atoms with Gasteiger partial charge in [-0.15, -0.1) is 0 Å². The van der Waals surface area contributed by atoms with Crippen LogP contribution >= 0.6 is 0 Å². The first-order valence-electron chi connectivity index (χ1n) is 5.13. The van der Waals surface area contributed by atoms with Crippen molar-refractivity contribution in [3.8, 4) is 5.82 Å². The Morgan fingerprint density at radius 1 is 1.31 bits per heavy atom. The molecule has 0 bridgehead atoms. The quantitative estimate of drug-likeness (QED) is 0.793. The van der Waals surface area contributed by atoms with Crippen molar-refractivity contribution < 1.29 is 0 Å². The largest absolute Gasteiger partial charge is 0.383 e. The van der Waals surface area contributed by atoms with Crippen molar-refractivity contribution in [3.05, 3.63) is 24.3 Å². The zero-order chi connectivity index (χ0) is 11.5. The van der Waals surface area contributed by atoms with Gasteiger partial charge >= 0.3 is 0 Å². The number of imidazole rings is 1. The molecule has 0 amide bonds. The third-order valence-electron chi connectivity index (χ3n) is 2.19. The zero-order valence-corrected chi connectivity index (χ0v) is 9.09. The van der Waals surface area contributed by atoms with Crippen molar-refractivity contribution in [1.82, 2.24) is 19.5 Å². The van der Waals surface area contributed by atoms with Gasteiger partial charge in [-0.25, -0.2) is 4.98 Å². The first kappa shape index (κ1) is 10.4. The van der Waals surface area contributed by atoms with Gasteiger partial charge in [0.2, 0.25) is 5.95 Å². The van der Waals surface area contributed by atoms with E-state index in [0.717, 1.165) is 18.7 Å². The number of hydrogen-bond donors (Lipinski definition) is 2. The van der Waals surface area contributed by atoms with E-state index in [2.05, 4.69) is 21.9 Å². The molecule has 0 aliphatic rings. The van der Waals surface area contributed by atoms with Crippen LogP contribution in [0.4, 0.5) is 11.8 Å². The van der Waals surface area contributed by atoms with Crippen molar-refractivity contribution in [3.63, 3.8) is 0 Å². The highest BCUT2D eigenvalue weighted by Gasteiger charge is 2.07. The molecular weight excluding hydrogens is 204 g/mol. The molecule has 0 unspecified atom stereocenters. The van der Waals surface area contributed by atoms with Crippen LogP contribution in [0, 0.1) is 0 Å². The fourth-order valence-corrected chi connectivity index (χ4v) is 1.55. The van der Waals surface area contributed by atoms with Crippen LogP contribution in [0.5, 0.6) is 0 Å². The molecule has 6 heteroatoms. The standard InChI is InChI=1S/C10H14N6/c1-2-3-8-13-4-5-16(8)9-6-7(11)14-10(12)15-9/h4-6H,2-3H2,1H3,(H4,11,12,14,15). The second kappa shape index (κ2) is 4.18. The summed E-state index contributed by atoms with van der Waals surface area (Å²) in [5, 5.41) is 0. The van der Waals surface area contributed by atoms with Crippen molar-refractivity contribution in [2.45, 2.75) is 19.8 Å². The van der Waals surface area contributed by atoms with Crippen molar-refractivity contribution in [2.75, 3.05) is 11.5 Å². The molecule has 84 valence electrons. The number of aromatic nitrogens is 4.